The molecule has 1 atom stereocenters. The Labute approximate surface area is 187 Å². The highest BCUT2D eigenvalue weighted by Crippen LogP contribution is 2.31. The highest BCUT2D eigenvalue weighted by molar-refractivity contribution is 7.89. The minimum Gasteiger partial charge on any atom is -0.326 e. The molecule has 0 bridgehead atoms. The summed E-state index contributed by atoms with van der Waals surface area (Å²) in [4.78, 5) is 35.7. The molecule has 1 saturated carbocycles. The summed E-state index contributed by atoms with van der Waals surface area (Å²) in [5.41, 5.74) is 2.28. The highest BCUT2D eigenvalue weighted by Gasteiger charge is 2.29. The van der Waals surface area contributed by atoms with Gasteiger partial charge >= 0.3 is 0 Å². The van der Waals surface area contributed by atoms with Gasteiger partial charge in [0.25, 0.3) is 0 Å². The molecule has 2 aromatic carbocycles. The molecule has 3 rings (SSSR count). The smallest absolute Gasteiger partial charge is 0.242 e. The average Bonchev–Trinajstić information content (AvgIpc) is 3.55. The van der Waals surface area contributed by atoms with Crippen molar-refractivity contribution in [3.8, 4) is 0 Å². The maximum absolute atomic E-state index is 12.6. The van der Waals surface area contributed by atoms with E-state index < -0.39 is 22.0 Å². The third-order valence-electron chi connectivity index (χ3n) is 4.92. The fourth-order valence-electron chi connectivity index (χ4n) is 2.94. The van der Waals surface area contributed by atoms with Crippen LogP contribution >= 0.6 is 0 Å². The fourth-order valence-corrected chi connectivity index (χ4v) is 4.14. The van der Waals surface area contributed by atoms with Crippen molar-refractivity contribution < 1.29 is 22.8 Å². The molecule has 0 heterocycles. The summed E-state index contributed by atoms with van der Waals surface area (Å²) < 4.78 is 27.6. The molecule has 2 aromatic rings. The molecule has 0 aliphatic heterocycles. The molecule has 0 radical (unpaired) electrons. The SMILES string of the molecule is CC(=O)Nc1ccc(S(=O)(=O)N[C@@H](C)C(=O)Nc2cc(NC(=O)C3CC3)ccc2C)cc1. The topological polar surface area (TPSA) is 133 Å². The zero-order valence-electron chi connectivity index (χ0n) is 18.1. The van der Waals surface area contributed by atoms with Gasteiger partial charge in [-0.2, -0.15) is 4.72 Å². The molecule has 32 heavy (non-hydrogen) atoms. The summed E-state index contributed by atoms with van der Waals surface area (Å²) in [7, 11) is -3.96. The van der Waals surface area contributed by atoms with Crippen molar-refractivity contribution in [2.24, 2.45) is 5.92 Å². The number of benzene rings is 2. The van der Waals surface area contributed by atoms with Gasteiger partial charge in [0.2, 0.25) is 27.7 Å². The van der Waals surface area contributed by atoms with Gasteiger partial charge in [0.15, 0.2) is 0 Å². The molecule has 0 aromatic heterocycles. The number of amides is 3. The summed E-state index contributed by atoms with van der Waals surface area (Å²) in [6.45, 7) is 4.59. The Bertz CT molecular complexity index is 1140. The molecular weight excluding hydrogens is 432 g/mol. The van der Waals surface area contributed by atoms with Crippen molar-refractivity contribution >= 4 is 44.8 Å². The van der Waals surface area contributed by atoms with E-state index in [0.29, 0.717) is 17.1 Å². The summed E-state index contributed by atoms with van der Waals surface area (Å²) in [5.74, 6) is -0.805. The van der Waals surface area contributed by atoms with E-state index in [2.05, 4.69) is 20.7 Å². The van der Waals surface area contributed by atoms with Gasteiger partial charge in [0.1, 0.15) is 0 Å². The van der Waals surface area contributed by atoms with Crippen LogP contribution in [0.15, 0.2) is 47.4 Å². The van der Waals surface area contributed by atoms with Gasteiger partial charge in [0.05, 0.1) is 10.9 Å². The Morgan fingerprint density at radius 3 is 2.16 bits per heavy atom. The van der Waals surface area contributed by atoms with Crippen molar-refractivity contribution in [2.45, 2.75) is 44.6 Å². The summed E-state index contributed by atoms with van der Waals surface area (Å²) >= 11 is 0. The maximum atomic E-state index is 12.6. The van der Waals surface area contributed by atoms with Crippen molar-refractivity contribution in [1.29, 1.82) is 0 Å². The molecule has 4 N–H and O–H groups in total. The second-order valence-electron chi connectivity index (χ2n) is 7.83. The lowest BCUT2D eigenvalue weighted by molar-refractivity contribution is -0.118. The van der Waals surface area contributed by atoms with Crippen LogP contribution < -0.4 is 20.7 Å². The van der Waals surface area contributed by atoms with Crippen LogP contribution in [0.3, 0.4) is 0 Å². The molecular formula is C22H26N4O5S. The first kappa shape index (κ1) is 23.4. The van der Waals surface area contributed by atoms with Gasteiger partial charge in [-0.3, -0.25) is 14.4 Å². The fraction of sp³-hybridized carbons (Fsp3) is 0.318. The van der Waals surface area contributed by atoms with E-state index >= 15 is 0 Å². The Morgan fingerprint density at radius 2 is 1.56 bits per heavy atom. The molecule has 170 valence electrons. The van der Waals surface area contributed by atoms with Crippen LogP contribution in [0.1, 0.15) is 32.3 Å². The minimum atomic E-state index is -3.96. The van der Waals surface area contributed by atoms with E-state index in [9.17, 15) is 22.8 Å². The zero-order valence-corrected chi connectivity index (χ0v) is 18.9. The number of sulfonamides is 1. The first-order valence-electron chi connectivity index (χ1n) is 10.2. The number of hydrogen-bond acceptors (Lipinski definition) is 5. The predicted octanol–water partition coefficient (Wildman–Crippen LogP) is 2.61. The Hall–Kier alpha value is -3.24. The van der Waals surface area contributed by atoms with Crippen molar-refractivity contribution in [3.63, 3.8) is 0 Å². The number of carbonyl (C=O) groups is 3. The molecule has 1 fully saturated rings. The van der Waals surface area contributed by atoms with Gasteiger partial charge in [-0.15, -0.1) is 0 Å². The van der Waals surface area contributed by atoms with Gasteiger partial charge in [-0.25, -0.2) is 8.42 Å². The molecule has 0 unspecified atom stereocenters. The number of anilines is 3. The van der Waals surface area contributed by atoms with Crippen molar-refractivity contribution in [1.82, 2.24) is 4.72 Å². The van der Waals surface area contributed by atoms with E-state index in [-0.39, 0.29) is 22.6 Å². The van der Waals surface area contributed by atoms with Crippen LogP contribution in [0.5, 0.6) is 0 Å². The molecule has 9 nitrogen and oxygen atoms in total. The summed E-state index contributed by atoms with van der Waals surface area (Å²) in [5, 5.41) is 8.09. The minimum absolute atomic E-state index is 0.0350. The predicted molar refractivity (Wildman–Crippen MR) is 122 cm³/mol. The van der Waals surface area contributed by atoms with Crippen LogP contribution in [0.4, 0.5) is 17.1 Å². The van der Waals surface area contributed by atoms with Gasteiger partial charge < -0.3 is 16.0 Å². The van der Waals surface area contributed by atoms with Crippen LogP contribution in [-0.4, -0.2) is 32.2 Å². The number of rotatable bonds is 8. The quantitative estimate of drug-likeness (QED) is 0.483. The molecule has 10 heteroatoms. The van der Waals surface area contributed by atoms with E-state index in [1.54, 1.807) is 25.1 Å². The number of hydrogen-bond donors (Lipinski definition) is 4. The lowest BCUT2D eigenvalue weighted by Crippen LogP contribution is -2.41. The third-order valence-corrected chi connectivity index (χ3v) is 6.48. The second kappa shape index (κ2) is 9.49. The zero-order chi connectivity index (χ0) is 23.5. The largest absolute Gasteiger partial charge is 0.326 e. The Kier molecular flexibility index (Phi) is 6.95. The van der Waals surface area contributed by atoms with Gasteiger partial charge in [-0.05, 0) is 68.7 Å². The van der Waals surface area contributed by atoms with E-state index in [1.807, 2.05) is 0 Å². The summed E-state index contributed by atoms with van der Waals surface area (Å²) in [6.07, 6.45) is 1.77. The lowest BCUT2D eigenvalue weighted by atomic mass is 10.1. The molecule has 1 aliphatic carbocycles. The van der Waals surface area contributed by atoms with Crippen molar-refractivity contribution in [2.75, 3.05) is 16.0 Å². The van der Waals surface area contributed by atoms with E-state index in [4.69, 9.17) is 0 Å². The molecule has 0 saturated heterocycles. The normalized spacial score (nSPS) is 14.3. The number of nitrogens with one attached hydrogen (secondary N) is 4. The molecule has 3 amide bonds. The highest BCUT2D eigenvalue weighted by atomic mass is 32.2. The monoisotopic (exact) mass is 458 g/mol. The third kappa shape index (κ3) is 6.14. The lowest BCUT2D eigenvalue weighted by Gasteiger charge is -2.16. The van der Waals surface area contributed by atoms with E-state index in [1.165, 1.54) is 38.1 Å². The Balaban J connectivity index is 1.65. The van der Waals surface area contributed by atoms with Crippen LogP contribution in [0, 0.1) is 12.8 Å². The maximum Gasteiger partial charge on any atom is 0.242 e. The standard InChI is InChI=1S/C22H26N4O5S/c1-13-4-7-18(24-22(29)16-5-6-16)12-20(13)25-21(28)14(2)26-32(30,31)19-10-8-17(9-11-19)23-15(3)27/h4,7-12,14,16,26H,5-6H2,1-3H3,(H,23,27)(H,24,29)(H,25,28)/t14-/m0/s1. The van der Waals surface area contributed by atoms with Crippen LogP contribution in [0.25, 0.3) is 0 Å². The number of carbonyl (C=O) groups excluding carboxylic acids is 3. The van der Waals surface area contributed by atoms with Gasteiger partial charge in [0, 0.05) is 29.9 Å². The van der Waals surface area contributed by atoms with Gasteiger partial charge in [-0.1, -0.05) is 6.07 Å². The molecule has 0 spiro atoms. The first-order chi connectivity index (χ1) is 15.0. The Morgan fingerprint density at radius 1 is 0.938 bits per heavy atom. The number of aryl methyl sites for hydroxylation is 1. The average molecular weight is 459 g/mol. The van der Waals surface area contributed by atoms with Crippen molar-refractivity contribution in [3.05, 3.63) is 48.0 Å². The first-order valence-corrected chi connectivity index (χ1v) is 11.7. The van der Waals surface area contributed by atoms with Crippen LogP contribution in [-0.2, 0) is 24.4 Å². The van der Waals surface area contributed by atoms with E-state index in [0.717, 1.165) is 18.4 Å². The molecule has 1 aliphatic rings. The second-order valence-corrected chi connectivity index (χ2v) is 9.54. The summed E-state index contributed by atoms with van der Waals surface area (Å²) in [6, 6.07) is 9.72. The van der Waals surface area contributed by atoms with Crippen LogP contribution in [0.2, 0.25) is 0 Å².